The number of nitrogens with one attached hydrogen (secondary N) is 2. The van der Waals surface area contributed by atoms with E-state index in [-0.39, 0.29) is 17.7 Å². The minimum atomic E-state index is -0.198. The van der Waals surface area contributed by atoms with Crippen LogP contribution in [0.1, 0.15) is 56.0 Å². The fraction of sp³-hybridized carbons (Fsp3) is 0.630. The summed E-state index contributed by atoms with van der Waals surface area (Å²) in [7, 11) is 0. The van der Waals surface area contributed by atoms with E-state index in [1.165, 1.54) is 50.3 Å². The average Bonchev–Trinajstić information content (AvgIpc) is 3.27. The minimum absolute atomic E-state index is 0.114. The average molecular weight is 499 g/mol. The Labute approximate surface area is 212 Å². The zero-order valence-electron chi connectivity index (χ0n) is 20.7. The van der Waals surface area contributed by atoms with E-state index in [0.29, 0.717) is 23.3 Å². The summed E-state index contributed by atoms with van der Waals surface area (Å²) in [5.74, 6) is 2.65. The first-order valence-corrected chi connectivity index (χ1v) is 14.1. The molecule has 3 atom stereocenters. The van der Waals surface area contributed by atoms with Gasteiger partial charge in [0.2, 0.25) is 5.76 Å². The number of carbonyl (C=O) groups is 1. The molecule has 2 aromatic rings. The lowest BCUT2D eigenvalue weighted by Gasteiger charge is -2.41. The molecule has 1 amide bonds. The highest BCUT2D eigenvalue weighted by Gasteiger charge is 2.35. The molecule has 1 saturated heterocycles. The Morgan fingerprint density at radius 3 is 2.69 bits per heavy atom. The lowest BCUT2D eigenvalue weighted by molar-refractivity contribution is 0.0818. The first kappa shape index (κ1) is 24.7. The number of hydrogen-bond donors (Lipinski definition) is 2. The Hall–Kier alpha value is -2.03. The standard InChI is InChI=1S/C27H38N4O3S/c1-19(22-17-20-6-5-7-21(16-20)18-22)29-26(32)24-25(35-23-8-3-2-4-9-23)27(30-34-24)33-15-14-31-12-10-28-11-13-31/h2-4,8-9,19-22,28H,5-7,10-18H2,1H3,(H,29,32). The highest BCUT2D eigenvalue weighted by atomic mass is 32.2. The quantitative estimate of drug-likeness (QED) is 0.529. The molecule has 3 fully saturated rings. The van der Waals surface area contributed by atoms with Crippen LogP contribution in [0.5, 0.6) is 5.88 Å². The molecular formula is C27H38N4O3S. The third-order valence-electron chi connectivity index (χ3n) is 7.88. The SMILES string of the molecule is CC(NC(=O)c1onc(OCCN2CCNCC2)c1Sc1ccccc1)C1CC2CCCC(C2)C1. The van der Waals surface area contributed by atoms with Crippen molar-refractivity contribution in [3.05, 3.63) is 36.1 Å². The number of nitrogens with zero attached hydrogens (tertiary/aromatic N) is 2. The van der Waals surface area contributed by atoms with E-state index in [9.17, 15) is 4.79 Å². The smallest absolute Gasteiger partial charge is 0.291 e. The van der Waals surface area contributed by atoms with Crippen LogP contribution in [0.2, 0.25) is 0 Å². The normalized spacial score (nSPS) is 25.7. The van der Waals surface area contributed by atoms with Crippen LogP contribution in [0.3, 0.4) is 0 Å². The molecule has 3 unspecified atom stereocenters. The van der Waals surface area contributed by atoms with Gasteiger partial charge in [-0.1, -0.05) is 49.2 Å². The Kier molecular flexibility index (Phi) is 8.31. The van der Waals surface area contributed by atoms with Gasteiger partial charge in [0, 0.05) is 43.7 Å². The Balaban J connectivity index is 1.26. The summed E-state index contributed by atoms with van der Waals surface area (Å²) < 4.78 is 11.7. The molecule has 1 aliphatic heterocycles. The third-order valence-corrected chi connectivity index (χ3v) is 8.95. The second-order valence-corrected chi connectivity index (χ2v) is 11.5. The fourth-order valence-corrected chi connectivity index (χ4v) is 6.92. The van der Waals surface area contributed by atoms with Gasteiger partial charge in [-0.3, -0.25) is 9.69 Å². The van der Waals surface area contributed by atoms with E-state index in [1.807, 2.05) is 30.3 Å². The van der Waals surface area contributed by atoms with Gasteiger partial charge < -0.3 is 19.9 Å². The van der Waals surface area contributed by atoms with Crippen LogP contribution in [-0.2, 0) is 0 Å². The van der Waals surface area contributed by atoms with Crippen LogP contribution in [0.15, 0.2) is 44.6 Å². The summed E-state index contributed by atoms with van der Waals surface area (Å²) in [5.41, 5.74) is 0. The lowest BCUT2D eigenvalue weighted by atomic mass is 9.66. The second kappa shape index (κ2) is 11.8. The van der Waals surface area contributed by atoms with Crippen LogP contribution in [-0.4, -0.2) is 61.3 Å². The summed E-state index contributed by atoms with van der Waals surface area (Å²) >= 11 is 1.47. The van der Waals surface area contributed by atoms with Gasteiger partial charge in [0.1, 0.15) is 11.5 Å². The van der Waals surface area contributed by atoms with Crippen molar-refractivity contribution in [2.45, 2.75) is 61.3 Å². The van der Waals surface area contributed by atoms with Crippen LogP contribution in [0.25, 0.3) is 0 Å². The fourth-order valence-electron chi connectivity index (χ4n) is 5.99. The second-order valence-electron chi connectivity index (χ2n) is 10.4. The van der Waals surface area contributed by atoms with E-state index in [2.05, 4.69) is 27.6 Å². The van der Waals surface area contributed by atoms with Gasteiger partial charge in [0.05, 0.1) is 0 Å². The minimum Gasteiger partial charge on any atom is -0.473 e. The van der Waals surface area contributed by atoms with Crippen molar-refractivity contribution >= 4 is 17.7 Å². The predicted molar refractivity (Wildman–Crippen MR) is 137 cm³/mol. The third kappa shape index (κ3) is 6.40. The summed E-state index contributed by atoms with van der Waals surface area (Å²) in [5, 5.41) is 10.8. The molecule has 2 bridgehead atoms. The number of aromatic nitrogens is 1. The number of amides is 1. The topological polar surface area (TPSA) is 79.6 Å². The molecule has 7 nitrogen and oxygen atoms in total. The number of ether oxygens (including phenoxy) is 1. The Morgan fingerprint density at radius 1 is 1.20 bits per heavy atom. The molecule has 190 valence electrons. The molecule has 0 radical (unpaired) electrons. The van der Waals surface area contributed by atoms with Crippen LogP contribution in [0.4, 0.5) is 0 Å². The van der Waals surface area contributed by atoms with Gasteiger partial charge in [0.25, 0.3) is 11.8 Å². The van der Waals surface area contributed by atoms with E-state index in [0.717, 1.165) is 49.5 Å². The number of hydrogen-bond acceptors (Lipinski definition) is 7. The molecule has 1 aromatic heterocycles. The van der Waals surface area contributed by atoms with E-state index in [1.54, 1.807) is 0 Å². The summed E-state index contributed by atoms with van der Waals surface area (Å²) in [6.07, 6.45) is 7.90. The molecule has 5 rings (SSSR count). The van der Waals surface area contributed by atoms with Crippen molar-refractivity contribution in [2.75, 3.05) is 39.3 Å². The van der Waals surface area contributed by atoms with E-state index < -0.39 is 0 Å². The lowest BCUT2D eigenvalue weighted by Crippen LogP contribution is -2.44. The van der Waals surface area contributed by atoms with Gasteiger partial charge in [-0.05, 0) is 61.2 Å². The predicted octanol–water partition coefficient (Wildman–Crippen LogP) is 4.44. The number of piperazine rings is 1. The van der Waals surface area contributed by atoms with Crippen molar-refractivity contribution in [2.24, 2.45) is 17.8 Å². The van der Waals surface area contributed by atoms with Crippen molar-refractivity contribution < 1.29 is 14.1 Å². The maximum absolute atomic E-state index is 13.4. The molecule has 0 spiro atoms. The highest BCUT2D eigenvalue weighted by molar-refractivity contribution is 7.99. The summed E-state index contributed by atoms with van der Waals surface area (Å²) in [6.45, 7) is 7.53. The Bertz CT molecular complexity index is 951. The van der Waals surface area contributed by atoms with Crippen molar-refractivity contribution in [1.29, 1.82) is 0 Å². The highest BCUT2D eigenvalue weighted by Crippen LogP contribution is 2.44. The maximum Gasteiger partial charge on any atom is 0.291 e. The van der Waals surface area contributed by atoms with Crippen LogP contribution < -0.4 is 15.4 Å². The van der Waals surface area contributed by atoms with Gasteiger partial charge in [-0.15, -0.1) is 0 Å². The van der Waals surface area contributed by atoms with Crippen LogP contribution >= 0.6 is 11.8 Å². The molecule has 2 heterocycles. The van der Waals surface area contributed by atoms with Crippen molar-refractivity contribution in [3.8, 4) is 5.88 Å². The molecule has 2 N–H and O–H groups in total. The largest absolute Gasteiger partial charge is 0.473 e. The zero-order valence-corrected chi connectivity index (χ0v) is 21.5. The number of rotatable bonds is 9. The van der Waals surface area contributed by atoms with E-state index >= 15 is 0 Å². The van der Waals surface area contributed by atoms with Gasteiger partial charge in [-0.25, -0.2) is 0 Å². The Morgan fingerprint density at radius 2 is 1.94 bits per heavy atom. The van der Waals surface area contributed by atoms with Crippen LogP contribution in [0, 0.1) is 17.8 Å². The molecule has 1 aromatic carbocycles. The zero-order chi connectivity index (χ0) is 24.0. The van der Waals surface area contributed by atoms with Gasteiger partial charge >= 0.3 is 0 Å². The van der Waals surface area contributed by atoms with Gasteiger partial charge in [-0.2, -0.15) is 0 Å². The number of carbonyl (C=O) groups excluding carboxylic acids is 1. The molecule has 2 saturated carbocycles. The summed E-state index contributed by atoms with van der Waals surface area (Å²) in [6, 6.07) is 10.1. The first-order valence-electron chi connectivity index (χ1n) is 13.2. The molecule has 35 heavy (non-hydrogen) atoms. The monoisotopic (exact) mass is 498 g/mol. The van der Waals surface area contributed by atoms with E-state index in [4.69, 9.17) is 9.26 Å². The molecule has 8 heteroatoms. The van der Waals surface area contributed by atoms with Crippen molar-refractivity contribution in [3.63, 3.8) is 0 Å². The van der Waals surface area contributed by atoms with Gasteiger partial charge in [0.15, 0.2) is 0 Å². The maximum atomic E-state index is 13.4. The molecule has 2 aliphatic carbocycles. The number of benzene rings is 1. The molecular weight excluding hydrogens is 460 g/mol. The molecule has 3 aliphatic rings. The van der Waals surface area contributed by atoms with Crippen molar-refractivity contribution in [1.82, 2.24) is 20.7 Å². The number of fused-ring (bicyclic) bond motifs is 2. The first-order chi connectivity index (χ1) is 17.2. The summed E-state index contributed by atoms with van der Waals surface area (Å²) in [4.78, 5) is 17.4.